The maximum atomic E-state index is 10.8. The van der Waals surface area contributed by atoms with Gasteiger partial charge in [-0.25, -0.2) is 5.10 Å². The van der Waals surface area contributed by atoms with Gasteiger partial charge in [-0.15, -0.1) is 0 Å². The summed E-state index contributed by atoms with van der Waals surface area (Å²) < 4.78 is 0. The first kappa shape index (κ1) is 7.68. The Kier molecular flexibility index (Phi) is 1.87. The highest BCUT2D eigenvalue weighted by atomic mass is 16.1. The van der Waals surface area contributed by atoms with E-state index < -0.39 is 0 Å². The largest absolute Gasteiger partial charge is 0.325 e. The molecule has 0 amide bonds. The van der Waals surface area contributed by atoms with Crippen LogP contribution in [0.3, 0.4) is 0 Å². The molecule has 1 aromatic rings. The summed E-state index contributed by atoms with van der Waals surface area (Å²) in [5.74, 6) is 0. The van der Waals surface area contributed by atoms with Crippen LogP contribution in [0.15, 0.2) is 4.79 Å². The first-order valence-corrected chi connectivity index (χ1v) is 3.12. The monoisotopic (exact) mass is 151 g/mol. The SMILES string of the molecule is C=c1c(CN)n[nH]c(=O)c1=C. The topological polar surface area (TPSA) is 71.8 Å². The number of nitrogens with two attached hydrogens (primary N) is 1. The lowest BCUT2D eigenvalue weighted by Crippen LogP contribution is -2.42. The van der Waals surface area contributed by atoms with Crippen molar-refractivity contribution in [1.82, 2.24) is 10.2 Å². The highest BCUT2D eigenvalue weighted by Crippen LogP contribution is 1.69. The van der Waals surface area contributed by atoms with Crippen LogP contribution < -0.4 is 21.7 Å². The van der Waals surface area contributed by atoms with E-state index in [1.54, 1.807) is 0 Å². The average molecular weight is 151 g/mol. The second-order valence-electron chi connectivity index (χ2n) is 2.16. The van der Waals surface area contributed by atoms with Crippen LogP contribution in [0.1, 0.15) is 5.69 Å². The van der Waals surface area contributed by atoms with Crippen molar-refractivity contribution in [2.75, 3.05) is 0 Å². The van der Waals surface area contributed by atoms with Crippen LogP contribution >= 0.6 is 0 Å². The maximum absolute atomic E-state index is 10.8. The molecule has 1 heterocycles. The summed E-state index contributed by atoms with van der Waals surface area (Å²) in [6.45, 7) is 7.42. The van der Waals surface area contributed by atoms with Crippen molar-refractivity contribution in [1.29, 1.82) is 0 Å². The molecule has 0 saturated heterocycles. The first-order valence-electron chi connectivity index (χ1n) is 3.12. The van der Waals surface area contributed by atoms with E-state index in [1.807, 2.05) is 0 Å². The molecule has 0 aromatic carbocycles. The van der Waals surface area contributed by atoms with E-state index in [9.17, 15) is 4.79 Å². The van der Waals surface area contributed by atoms with Crippen LogP contribution in [0.4, 0.5) is 0 Å². The van der Waals surface area contributed by atoms with Gasteiger partial charge in [-0.3, -0.25) is 4.79 Å². The number of aromatic amines is 1. The molecule has 0 spiro atoms. The molecule has 1 rings (SSSR count). The van der Waals surface area contributed by atoms with Crippen molar-refractivity contribution in [3.05, 3.63) is 26.5 Å². The zero-order valence-corrected chi connectivity index (χ0v) is 6.05. The van der Waals surface area contributed by atoms with Crippen LogP contribution in [-0.2, 0) is 6.54 Å². The number of hydrogen-bond donors (Lipinski definition) is 2. The molecule has 3 N–H and O–H groups in total. The molecule has 0 aliphatic heterocycles. The van der Waals surface area contributed by atoms with E-state index in [-0.39, 0.29) is 12.1 Å². The molecule has 0 bridgehead atoms. The Morgan fingerprint density at radius 1 is 1.45 bits per heavy atom. The molecule has 1 aromatic heterocycles. The van der Waals surface area contributed by atoms with Crippen LogP contribution in [0.5, 0.6) is 0 Å². The van der Waals surface area contributed by atoms with Gasteiger partial charge in [0.2, 0.25) is 0 Å². The summed E-state index contributed by atoms with van der Waals surface area (Å²) in [6.07, 6.45) is 0. The van der Waals surface area contributed by atoms with Crippen LogP contribution in [0.2, 0.25) is 0 Å². The van der Waals surface area contributed by atoms with Gasteiger partial charge in [-0.2, -0.15) is 5.10 Å². The second-order valence-corrected chi connectivity index (χ2v) is 2.16. The number of rotatable bonds is 1. The third-order valence-electron chi connectivity index (χ3n) is 1.47. The van der Waals surface area contributed by atoms with Crippen molar-refractivity contribution < 1.29 is 0 Å². The number of aromatic nitrogens is 2. The quantitative estimate of drug-likeness (QED) is 0.490. The molecule has 4 heteroatoms. The third-order valence-corrected chi connectivity index (χ3v) is 1.47. The Labute approximate surface area is 63.1 Å². The standard InChI is InChI=1S/C7H9N3O/c1-4-5(2)7(11)10-9-6(4)3-8/h1-3,8H2,(H,10,11). The van der Waals surface area contributed by atoms with E-state index in [2.05, 4.69) is 23.4 Å². The lowest BCUT2D eigenvalue weighted by atomic mass is 10.3. The van der Waals surface area contributed by atoms with Gasteiger partial charge in [0, 0.05) is 17.0 Å². The minimum Gasteiger partial charge on any atom is -0.325 e. The smallest absolute Gasteiger partial charge is 0.271 e. The van der Waals surface area contributed by atoms with Gasteiger partial charge >= 0.3 is 0 Å². The van der Waals surface area contributed by atoms with Crippen molar-refractivity contribution in [3.8, 4) is 0 Å². The lowest BCUT2D eigenvalue weighted by Gasteiger charge is -1.93. The fourth-order valence-electron chi connectivity index (χ4n) is 0.733. The van der Waals surface area contributed by atoms with Gasteiger partial charge in [-0.1, -0.05) is 13.2 Å². The predicted octanol–water partition coefficient (Wildman–Crippen LogP) is -1.95. The number of H-pyrrole nitrogens is 1. The lowest BCUT2D eigenvalue weighted by molar-refractivity contribution is 0.857. The predicted molar refractivity (Wildman–Crippen MR) is 43.0 cm³/mol. The van der Waals surface area contributed by atoms with Gasteiger partial charge in [0.1, 0.15) is 0 Å². The number of hydrogen-bond acceptors (Lipinski definition) is 3. The van der Waals surface area contributed by atoms with Crippen molar-refractivity contribution in [3.63, 3.8) is 0 Å². The Morgan fingerprint density at radius 2 is 2.09 bits per heavy atom. The maximum Gasteiger partial charge on any atom is 0.271 e. The second kappa shape index (κ2) is 2.67. The fourth-order valence-corrected chi connectivity index (χ4v) is 0.733. The van der Waals surface area contributed by atoms with Gasteiger partial charge in [0.25, 0.3) is 5.56 Å². The number of nitrogens with zero attached hydrogens (tertiary/aromatic N) is 1. The highest BCUT2D eigenvalue weighted by Gasteiger charge is 1.94. The van der Waals surface area contributed by atoms with Crippen LogP contribution in [0.25, 0.3) is 13.2 Å². The Bertz CT molecular complexity index is 407. The van der Waals surface area contributed by atoms with E-state index in [0.717, 1.165) is 0 Å². The molecule has 0 aliphatic carbocycles. The summed E-state index contributed by atoms with van der Waals surface area (Å²) in [4.78, 5) is 10.8. The minimum atomic E-state index is -0.313. The summed E-state index contributed by atoms with van der Waals surface area (Å²) >= 11 is 0. The molecular weight excluding hydrogens is 142 g/mol. The molecule has 4 nitrogen and oxygen atoms in total. The molecule has 11 heavy (non-hydrogen) atoms. The van der Waals surface area contributed by atoms with Crippen LogP contribution in [-0.4, -0.2) is 10.2 Å². The fraction of sp³-hybridized carbons (Fsp3) is 0.143. The summed E-state index contributed by atoms with van der Waals surface area (Å²) in [5.41, 5.74) is 5.58. The molecule has 0 fully saturated rings. The van der Waals surface area contributed by atoms with E-state index in [0.29, 0.717) is 16.1 Å². The summed E-state index contributed by atoms with van der Waals surface area (Å²) in [7, 11) is 0. The van der Waals surface area contributed by atoms with Gasteiger partial charge in [-0.05, 0) is 0 Å². The summed E-state index contributed by atoms with van der Waals surface area (Å²) in [5, 5.41) is 6.82. The minimum absolute atomic E-state index is 0.262. The zero-order valence-electron chi connectivity index (χ0n) is 6.05. The van der Waals surface area contributed by atoms with Gasteiger partial charge in [0.05, 0.1) is 5.69 Å². The number of nitrogens with one attached hydrogen (secondary N) is 1. The van der Waals surface area contributed by atoms with Crippen molar-refractivity contribution >= 4 is 13.2 Å². The Balaban J connectivity index is 3.64. The van der Waals surface area contributed by atoms with Gasteiger partial charge in [0.15, 0.2) is 0 Å². The molecule has 58 valence electrons. The van der Waals surface area contributed by atoms with Crippen molar-refractivity contribution in [2.24, 2.45) is 5.73 Å². The average Bonchev–Trinajstić information content (AvgIpc) is 2.01. The molecule has 0 unspecified atom stereocenters. The molecule has 0 radical (unpaired) electrons. The third kappa shape index (κ3) is 1.20. The Morgan fingerprint density at radius 3 is 2.64 bits per heavy atom. The van der Waals surface area contributed by atoms with Crippen LogP contribution in [0, 0.1) is 0 Å². The van der Waals surface area contributed by atoms with E-state index in [1.165, 1.54) is 0 Å². The first-order chi connectivity index (χ1) is 5.16. The normalized spacial score (nSPS) is 9.91. The zero-order chi connectivity index (χ0) is 8.43. The Hall–Kier alpha value is -1.42. The molecular formula is C7H9N3O. The highest BCUT2D eigenvalue weighted by molar-refractivity contribution is 5.16. The van der Waals surface area contributed by atoms with Crippen molar-refractivity contribution in [2.45, 2.75) is 6.54 Å². The van der Waals surface area contributed by atoms with Gasteiger partial charge < -0.3 is 5.73 Å². The van der Waals surface area contributed by atoms with E-state index >= 15 is 0 Å². The molecule has 0 aliphatic rings. The molecule has 0 saturated carbocycles. The molecule has 0 atom stereocenters. The van der Waals surface area contributed by atoms with E-state index in [4.69, 9.17) is 5.73 Å². The summed E-state index contributed by atoms with van der Waals surface area (Å²) in [6, 6.07) is 0.